The molecule has 8 heteroatoms. The van der Waals surface area contributed by atoms with E-state index >= 15 is 0 Å². The molecular formula is C16H13F3N2O2S. The Kier molecular flexibility index (Phi) is 3.79. The largest absolute Gasteiger partial charge is 0.417 e. The maximum absolute atomic E-state index is 13.2. The zero-order valence-electron chi connectivity index (χ0n) is 12.5. The number of fused-ring (bicyclic) bond motifs is 1. The number of hydrogen-bond acceptors (Lipinski definition) is 2. The van der Waals surface area contributed by atoms with Crippen molar-refractivity contribution < 1.29 is 21.6 Å². The van der Waals surface area contributed by atoms with Crippen LogP contribution in [0, 0.1) is 0 Å². The van der Waals surface area contributed by atoms with Crippen molar-refractivity contribution in [3.05, 3.63) is 60.3 Å². The summed E-state index contributed by atoms with van der Waals surface area (Å²) in [6.07, 6.45) is -3.12. The lowest BCUT2D eigenvalue weighted by Gasteiger charge is -2.22. The average Bonchev–Trinajstić information content (AvgIpc) is 3.02. The Hall–Kier alpha value is -2.48. The number of rotatable bonds is 3. The molecule has 0 spiro atoms. The van der Waals surface area contributed by atoms with E-state index < -0.39 is 26.7 Å². The van der Waals surface area contributed by atoms with Gasteiger partial charge in [-0.05, 0) is 24.3 Å². The van der Waals surface area contributed by atoms with E-state index in [1.807, 2.05) is 0 Å². The van der Waals surface area contributed by atoms with Gasteiger partial charge in [-0.25, -0.2) is 8.42 Å². The Bertz CT molecular complexity index is 994. The molecule has 0 unspecified atom stereocenters. The normalized spacial score (nSPS) is 12.5. The number of halogens is 3. The van der Waals surface area contributed by atoms with Crippen LogP contribution in [-0.4, -0.2) is 20.4 Å². The number of alkyl halides is 3. The molecule has 0 aliphatic heterocycles. The lowest BCUT2D eigenvalue weighted by molar-refractivity contribution is -0.139. The summed E-state index contributed by atoms with van der Waals surface area (Å²) in [5, 5.41) is 0.763. The van der Waals surface area contributed by atoms with Crippen LogP contribution in [0.15, 0.2) is 59.6 Å². The molecular weight excluding hydrogens is 341 g/mol. The summed E-state index contributed by atoms with van der Waals surface area (Å²) in [6, 6.07) is 10.9. The third-order valence-corrected chi connectivity index (χ3v) is 5.56. The van der Waals surface area contributed by atoms with Gasteiger partial charge in [-0.1, -0.05) is 24.3 Å². The second kappa shape index (κ2) is 5.55. The fourth-order valence-corrected chi connectivity index (χ4v) is 3.95. The summed E-state index contributed by atoms with van der Waals surface area (Å²) in [7, 11) is -3.15. The lowest BCUT2D eigenvalue weighted by Crippen LogP contribution is -2.29. The molecule has 0 saturated carbocycles. The fourth-order valence-electron chi connectivity index (χ4n) is 2.53. The zero-order chi connectivity index (χ0) is 17.5. The maximum Gasteiger partial charge on any atom is 0.417 e. The van der Waals surface area contributed by atoms with Crippen LogP contribution in [0.1, 0.15) is 5.56 Å². The van der Waals surface area contributed by atoms with Gasteiger partial charge in [-0.2, -0.15) is 13.2 Å². The van der Waals surface area contributed by atoms with Gasteiger partial charge < -0.3 is 4.98 Å². The molecule has 0 saturated heterocycles. The number of hydrogen-bond donors (Lipinski definition) is 1. The van der Waals surface area contributed by atoms with Crippen molar-refractivity contribution in [2.45, 2.75) is 11.1 Å². The van der Waals surface area contributed by atoms with Crippen molar-refractivity contribution in [2.75, 3.05) is 11.4 Å². The lowest BCUT2D eigenvalue weighted by atomic mass is 10.2. The van der Waals surface area contributed by atoms with Crippen molar-refractivity contribution in [3.63, 3.8) is 0 Å². The van der Waals surface area contributed by atoms with Crippen LogP contribution < -0.4 is 4.31 Å². The first kappa shape index (κ1) is 16.4. The van der Waals surface area contributed by atoms with Gasteiger partial charge in [0.1, 0.15) is 0 Å². The average molecular weight is 354 g/mol. The maximum atomic E-state index is 13.2. The Balaban J connectivity index is 2.17. The van der Waals surface area contributed by atoms with E-state index in [9.17, 15) is 21.6 Å². The minimum Gasteiger partial charge on any atom is -0.359 e. The van der Waals surface area contributed by atoms with Crippen LogP contribution in [0.3, 0.4) is 0 Å². The molecule has 0 bridgehead atoms. The SMILES string of the molecule is CN(c1cccc2cc[nH]c12)S(=O)(=O)c1ccccc1C(F)(F)F. The van der Waals surface area contributed by atoms with Gasteiger partial charge in [-0.15, -0.1) is 0 Å². The smallest absolute Gasteiger partial charge is 0.359 e. The second-order valence-electron chi connectivity index (χ2n) is 5.19. The van der Waals surface area contributed by atoms with Gasteiger partial charge in [0.2, 0.25) is 0 Å². The van der Waals surface area contributed by atoms with E-state index in [0.29, 0.717) is 5.52 Å². The van der Waals surface area contributed by atoms with Crippen molar-refractivity contribution >= 4 is 26.6 Å². The Labute approximate surface area is 136 Å². The standard InChI is InChI=1S/C16H13F3N2O2S/c1-21(13-7-4-5-11-9-10-20-15(11)13)24(22,23)14-8-3-2-6-12(14)16(17,18)19/h2-10,20H,1H3. The molecule has 2 aromatic carbocycles. The van der Waals surface area contributed by atoms with Crippen molar-refractivity contribution in [2.24, 2.45) is 0 Å². The van der Waals surface area contributed by atoms with Gasteiger partial charge in [0.15, 0.2) is 0 Å². The Morgan fingerprint density at radius 3 is 2.42 bits per heavy atom. The molecule has 1 aromatic heterocycles. The van der Waals surface area contributed by atoms with E-state index in [2.05, 4.69) is 4.98 Å². The van der Waals surface area contributed by atoms with Crippen molar-refractivity contribution in [1.82, 2.24) is 4.98 Å². The van der Waals surface area contributed by atoms with Crippen molar-refractivity contribution in [3.8, 4) is 0 Å². The monoisotopic (exact) mass is 354 g/mol. The van der Waals surface area contributed by atoms with E-state index in [0.717, 1.165) is 27.9 Å². The fraction of sp³-hybridized carbons (Fsp3) is 0.125. The third-order valence-electron chi connectivity index (χ3n) is 3.74. The first-order valence-corrected chi connectivity index (χ1v) is 8.38. The summed E-state index contributed by atoms with van der Waals surface area (Å²) in [5.74, 6) is 0. The quantitative estimate of drug-likeness (QED) is 0.773. The van der Waals surface area contributed by atoms with E-state index in [4.69, 9.17) is 0 Å². The molecule has 0 fully saturated rings. The Morgan fingerprint density at radius 2 is 1.71 bits per heavy atom. The van der Waals surface area contributed by atoms with Gasteiger partial charge in [0.25, 0.3) is 10.0 Å². The number of aromatic nitrogens is 1. The number of benzene rings is 2. The van der Waals surface area contributed by atoms with Crippen LogP contribution in [-0.2, 0) is 16.2 Å². The van der Waals surface area contributed by atoms with Gasteiger partial charge >= 0.3 is 6.18 Å². The second-order valence-corrected chi connectivity index (χ2v) is 7.12. The molecule has 1 heterocycles. The number of aromatic amines is 1. The van der Waals surface area contributed by atoms with Gasteiger partial charge in [0.05, 0.1) is 21.7 Å². The number of nitrogens with one attached hydrogen (secondary N) is 1. The Morgan fingerprint density at radius 1 is 1.00 bits per heavy atom. The molecule has 0 amide bonds. The summed E-state index contributed by atoms with van der Waals surface area (Å²) in [5.41, 5.74) is -0.377. The molecule has 3 aromatic rings. The summed E-state index contributed by atoms with van der Waals surface area (Å²) in [6.45, 7) is 0. The number of nitrogens with zero attached hydrogens (tertiary/aromatic N) is 1. The molecule has 0 atom stereocenters. The molecule has 1 N–H and O–H groups in total. The van der Waals surface area contributed by atoms with E-state index in [-0.39, 0.29) is 5.69 Å². The molecule has 0 aliphatic carbocycles. The van der Waals surface area contributed by atoms with Gasteiger partial charge in [-0.3, -0.25) is 4.31 Å². The summed E-state index contributed by atoms with van der Waals surface area (Å²) >= 11 is 0. The predicted octanol–water partition coefficient (Wildman–Crippen LogP) is 4.01. The molecule has 0 aliphatic rings. The minimum atomic E-state index is -4.76. The molecule has 126 valence electrons. The number of H-pyrrole nitrogens is 1. The highest BCUT2D eigenvalue weighted by atomic mass is 32.2. The zero-order valence-corrected chi connectivity index (χ0v) is 13.3. The number of anilines is 1. The first-order valence-electron chi connectivity index (χ1n) is 6.94. The molecule has 0 radical (unpaired) electrons. The van der Waals surface area contributed by atoms with Crippen LogP contribution in [0.4, 0.5) is 18.9 Å². The van der Waals surface area contributed by atoms with Crippen LogP contribution in [0.25, 0.3) is 10.9 Å². The van der Waals surface area contributed by atoms with Crippen LogP contribution >= 0.6 is 0 Å². The van der Waals surface area contributed by atoms with E-state index in [1.165, 1.54) is 19.2 Å². The predicted molar refractivity (Wildman–Crippen MR) is 85.3 cm³/mol. The highest BCUT2D eigenvalue weighted by Crippen LogP contribution is 2.36. The highest BCUT2D eigenvalue weighted by Gasteiger charge is 2.38. The molecule has 3 rings (SSSR count). The minimum absolute atomic E-state index is 0.273. The molecule has 4 nitrogen and oxygen atoms in total. The summed E-state index contributed by atoms with van der Waals surface area (Å²) < 4.78 is 65.9. The first-order chi connectivity index (χ1) is 11.2. The molecule has 24 heavy (non-hydrogen) atoms. The van der Waals surface area contributed by atoms with Crippen LogP contribution in [0.5, 0.6) is 0 Å². The highest BCUT2D eigenvalue weighted by molar-refractivity contribution is 7.92. The number of para-hydroxylation sites is 1. The van der Waals surface area contributed by atoms with Gasteiger partial charge in [0, 0.05) is 18.6 Å². The van der Waals surface area contributed by atoms with Crippen molar-refractivity contribution in [1.29, 1.82) is 0 Å². The summed E-state index contributed by atoms with van der Waals surface area (Å²) in [4.78, 5) is 2.13. The topological polar surface area (TPSA) is 53.2 Å². The number of sulfonamides is 1. The third kappa shape index (κ3) is 2.62. The van der Waals surface area contributed by atoms with E-state index in [1.54, 1.807) is 24.4 Å². The van der Waals surface area contributed by atoms with Crippen LogP contribution in [0.2, 0.25) is 0 Å².